The molecule has 4 rings (SSSR count). The third-order valence-corrected chi connectivity index (χ3v) is 7.63. The molecule has 1 aliphatic rings. The van der Waals surface area contributed by atoms with Gasteiger partial charge in [0.1, 0.15) is 5.75 Å². The summed E-state index contributed by atoms with van der Waals surface area (Å²) in [5, 5.41) is 0.602. The van der Waals surface area contributed by atoms with Crippen molar-refractivity contribution in [2.75, 3.05) is 51.8 Å². The van der Waals surface area contributed by atoms with E-state index in [9.17, 15) is 18.0 Å². The quantitative estimate of drug-likeness (QED) is 0.586. The molecule has 9 nitrogen and oxygen atoms in total. The molecule has 33 heavy (non-hydrogen) atoms. The Balaban J connectivity index is 1.38. The monoisotopic (exact) mass is 470 g/mol. The van der Waals surface area contributed by atoms with Crippen molar-refractivity contribution in [3.05, 3.63) is 65.0 Å². The average Bonchev–Trinajstić information content (AvgIpc) is 2.83. The first-order valence-electron chi connectivity index (χ1n) is 10.5. The number of piperazine rings is 1. The summed E-state index contributed by atoms with van der Waals surface area (Å²) >= 11 is 0. The molecule has 0 unspecified atom stereocenters. The molecule has 1 amide bonds. The highest BCUT2D eigenvalue weighted by molar-refractivity contribution is 7.89. The van der Waals surface area contributed by atoms with Crippen LogP contribution in [0.5, 0.6) is 5.75 Å². The summed E-state index contributed by atoms with van der Waals surface area (Å²) in [5.41, 5.74) is 1.35. The van der Waals surface area contributed by atoms with Crippen molar-refractivity contribution in [3.8, 4) is 5.75 Å². The van der Waals surface area contributed by atoms with E-state index in [1.165, 1.54) is 25.2 Å². The number of hydrogen-bond donors (Lipinski definition) is 1. The maximum Gasteiger partial charge on any atom is 0.248 e. The molecular weight excluding hydrogens is 444 g/mol. The smallest absolute Gasteiger partial charge is 0.248 e. The predicted molar refractivity (Wildman–Crippen MR) is 126 cm³/mol. The van der Waals surface area contributed by atoms with Gasteiger partial charge in [-0.3, -0.25) is 9.59 Å². The minimum absolute atomic E-state index is 0.0710. The number of anilines is 1. The van der Waals surface area contributed by atoms with Crippen LogP contribution < -0.4 is 15.2 Å². The molecule has 1 saturated heterocycles. The van der Waals surface area contributed by atoms with Gasteiger partial charge in [0.15, 0.2) is 0 Å². The van der Waals surface area contributed by atoms with E-state index in [1.807, 2.05) is 24.3 Å². The van der Waals surface area contributed by atoms with Crippen molar-refractivity contribution in [2.24, 2.45) is 0 Å². The van der Waals surface area contributed by atoms with E-state index in [1.54, 1.807) is 24.1 Å². The molecule has 1 N–H and O–H groups in total. The second kappa shape index (κ2) is 9.24. The Labute approximate surface area is 192 Å². The van der Waals surface area contributed by atoms with Crippen LogP contribution in [0, 0.1) is 0 Å². The number of methoxy groups -OCH3 is 1. The number of carbonyl (C=O) groups is 1. The third-order valence-electron chi connectivity index (χ3n) is 5.83. The minimum atomic E-state index is -3.86. The number of nitrogens with zero attached hydrogens (tertiary/aromatic N) is 3. The SMILES string of the molecule is COc1ccc(N2CCN(C(=O)CN(C)S(=O)(=O)c3ccc4[nH]c(=O)ccc4c3)CC2)cc1. The summed E-state index contributed by atoms with van der Waals surface area (Å²) in [6.45, 7) is 2.12. The summed E-state index contributed by atoms with van der Waals surface area (Å²) in [4.78, 5) is 30.9. The Kier molecular flexibility index (Phi) is 6.39. The van der Waals surface area contributed by atoms with Crippen LogP contribution >= 0.6 is 0 Å². The van der Waals surface area contributed by atoms with E-state index < -0.39 is 10.0 Å². The molecule has 3 aromatic rings. The molecule has 0 saturated carbocycles. The summed E-state index contributed by atoms with van der Waals surface area (Å²) in [6.07, 6.45) is 0. The summed E-state index contributed by atoms with van der Waals surface area (Å²) < 4.78 is 32.3. The van der Waals surface area contributed by atoms with Gasteiger partial charge >= 0.3 is 0 Å². The van der Waals surface area contributed by atoms with Gasteiger partial charge in [0.05, 0.1) is 18.6 Å². The lowest BCUT2D eigenvalue weighted by atomic mass is 10.2. The molecule has 0 radical (unpaired) electrons. The number of amides is 1. The van der Waals surface area contributed by atoms with Crippen LogP contribution in [0.4, 0.5) is 5.69 Å². The zero-order valence-electron chi connectivity index (χ0n) is 18.5. The average molecular weight is 471 g/mol. The highest BCUT2D eigenvalue weighted by atomic mass is 32.2. The van der Waals surface area contributed by atoms with E-state index in [-0.39, 0.29) is 22.9 Å². The molecular formula is C23H26N4O5S. The lowest BCUT2D eigenvalue weighted by Crippen LogP contribution is -2.51. The van der Waals surface area contributed by atoms with Gasteiger partial charge in [-0.25, -0.2) is 8.42 Å². The number of ether oxygens (including phenoxy) is 1. The number of carbonyl (C=O) groups excluding carboxylic acids is 1. The molecule has 1 fully saturated rings. The topological polar surface area (TPSA) is 103 Å². The maximum atomic E-state index is 13.0. The zero-order valence-corrected chi connectivity index (χ0v) is 19.3. The van der Waals surface area contributed by atoms with Gasteiger partial charge in [0.2, 0.25) is 21.5 Å². The van der Waals surface area contributed by atoms with Gasteiger partial charge in [-0.2, -0.15) is 4.31 Å². The first kappa shape index (κ1) is 22.8. The number of benzene rings is 2. The van der Waals surface area contributed by atoms with Crippen molar-refractivity contribution < 1.29 is 17.9 Å². The van der Waals surface area contributed by atoms with Gasteiger partial charge in [0, 0.05) is 50.5 Å². The number of H-pyrrole nitrogens is 1. The van der Waals surface area contributed by atoms with Crippen molar-refractivity contribution in [2.45, 2.75) is 4.90 Å². The van der Waals surface area contributed by atoms with Gasteiger partial charge in [-0.05, 0) is 53.9 Å². The lowest BCUT2D eigenvalue weighted by Gasteiger charge is -2.36. The molecule has 174 valence electrons. The van der Waals surface area contributed by atoms with Crippen LogP contribution in [0.2, 0.25) is 0 Å². The van der Waals surface area contributed by atoms with E-state index in [2.05, 4.69) is 9.88 Å². The Morgan fingerprint density at radius 1 is 1.03 bits per heavy atom. The standard InChI is InChI=1S/C23H26N4O5S/c1-25(33(30,31)20-8-9-21-17(15-20)3-10-22(28)24-21)16-23(29)27-13-11-26(12-14-27)18-4-6-19(32-2)7-5-18/h3-10,15H,11-14,16H2,1-2H3,(H,24,28). The molecule has 10 heteroatoms. The number of fused-ring (bicyclic) bond motifs is 1. The first-order chi connectivity index (χ1) is 15.8. The predicted octanol–water partition coefficient (Wildman–Crippen LogP) is 1.51. The number of aromatic nitrogens is 1. The van der Waals surface area contributed by atoms with E-state index >= 15 is 0 Å². The van der Waals surface area contributed by atoms with Crippen LogP contribution in [-0.2, 0) is 14.8 Å². The number of aromatic amines is 1. The third kappa shape index (κ3) is 4.86. The van der Waals surface area contributed by atoms with Crippen molar-refractivity contribution >= 4 is 32.5 Å². The van der Waals surface area contributed by atoms with Crippen LogP contribution in [0.3, 0.4) is 0 Å². The fraction of sp³-hybridized carbons (Fsp3) is 0.304. The maximum absolute atomic E-state index is 13.0. The second-order valence-electron chi connectivity index (χ2n) is 7.90. The normalized spacial score (nSPS) is 14.6. The molecule has 2 aromatic carbocycles. The number of rotatable bonds is 6. The Bertz CT molecular complexity index is 1310. The highest BCUT2D eigenvalue weighted by Gasteiger charge is 2.27. The Morgan fingerprint density at radius 3 is 2.39 bits per heavy atom. The van der Waals surface area contributed by atoms with E-state index in [4.69, 9.17) is 4.74 Å². The fourth-order valence-corrected chi connectivity index (χ4v) is 5.01. The van der Waals surface area contributed by atoms with E-state index in [0.717, 1.165) is 15.7 Å². The second-order valence-corrected chi connectivity index (χ2v) is 9.94. The van der Waals surface area contributed by atoms with Gasteiger partial charge < -0.3 is 19.5 Å². The van der Waals surface area contributed by atoms with Crippen molar-refractivity contribution in [1.82, 2.24) is 14.2 Å². The fourth-order valence-electron chi connectivity index (χ4n) is 3.86. The largest absolute Gasteiger partial charge is 0.497 e. The molecule has 0 spiro atoms. The van der Waals surface area contributed by atoms with Gasteiger partial charge in [-0.1, -0.05) is 0 Å². The Morgan fingerprint density at radius 2 is 1.73 bits per heavy atom. The van der Waals surface area contributed by atoms with Crippen molar-refractivity contribution in [3.63, 3.8) is 0 Å². The molecule has 2 heterocycles. The summed E-state index contributed by atoms with van der Waals surface area (Å²) in [7, 11) is -0.839. The summed E-state index contributed by atoms with van der Waals surface area (Å²) in [6, 6.07) is 15.2. The molecule has 1 aliphatic heterocycles. The molecule has 0 bridgehead atoms. The Hall–Kier alpha value is -3.37. The van der Waals surface area contributed by atoms with Gasteiger partial charge in [-0.15, -0.1) is 0 Å². The number of pyridine rings is 1. The zero-order chi connectivity index (χ0) is 23.6. The number of nitrogens with one attached hydrogen (secondary N) is 1. The molecule has 1 aromatic heterocycles. The molecule has 0 atom stereocenters. The first-order valence-corrected chi connectivity index (χ1v) is 12.0. The number of likely N-dealkylation sites (N-methyl/N-ethyl adjacent to an activating group) is 1. The van der Waals surface area contributed by atoms with Crippen molar-refractivity contribution in [1.29, 1.82) is 0 Å². The number of sulfonamides is 1. The molecule has 0 aliphatic carbocycles. The van der Waals surface area contributed by atoms with Crippen LogP contribution in [0.25, 0.3) is 10.9 Å². The lowest BCUT2D eigenvalue weighted by molar-refractivity contribution is -0.131. The van der Waals surface area contributed by atoms with Gasteiger partial charge in [0.25, 0.3) is 0 Å². The summed E-state index contributed by atoms with van der Waals surface area (Å²) in [5.74, 6) is 0.553. The van der Waals surface area contributed by atoms with Crippen LogP contribution in [-0.4, -0.2) is 75.4 Å². The highest BCUT2D eigenvalue weighted by Crippen LogP contribution is 2.22. The van der Waals surface area contributed by atoms with E-state index in [0.29, 0.717) is 37.1 Å². The van der Waals surface area contributed by atoms with Crippen LogP contribution in [0.1, 0.15) is 0 Å². The minimum Gasteiger partial charge on any atom is -0.497 e. The number of hydrogen-bond acceptors (Lipinski definition) is 6. The van der Waals surface area contributed by atoms with Crippen LogP contribution in [0.15, 0.2) is 64.3 Å².